The van der Waals surface area contributed by atoms with Crippen LogP contribution in [0.5, 0.6) is 0 Å². The minimum atomic E-state index is -0.0698. The monoisotopic (exact) mass is 384 g/mol. The number of likely N-dealkylation sites (tertiary alicyclic amines) is 1. The van der Waals surface area contributed by atoms with E-state index < -0.39 is 0 Å². The van der Waals surface area contributed by atoms with Gasteiger partial charge in [-0.3, -0.25) is 9.59 Å². The zero-order chi connectivity index (χ0) is 18.7. The molecule has 2 amide bonds. The van der Waals surface area contributed by atoms with Crippen LogP contribution in [0, 0.1) is 5.92 Å². The van der Waals surface area contributed by atoms with Crippen molar-refractivity contribution in [3.05, 3.63) is 42.0 Å². The second kappa shape index (κ2) is 8.09. The molecule has 0 N–H and O–H groups in total. The first-order valence-corrected chi connectivity index (χ1v) is 11.1. The molecule has 3 fully saturated rings. The second-order valence-corrected chi connectivity index (χ2v) is 9.29. The summed E-state index contributed by atoms with van der Waals surface area (Å²) >= 11 is 1.93. The molecule has 3 aliphatic rings. The van der Waals surface area contributed by atoms with E-state index in [9.17, 15) is 9.59 Å². The molecule has 4 nitrogen and oxygen atoms in total. The average Bonchev–Trinajstić information content (AvgIpc) is 3.38. The van der Waals surface area contributed by atoms with Gasteiger partial charge < -0.3 is 9.80 Å². The van der Waals surface area contributed by atoms with Crippen LogP contribution in [0.4, 0.5) is 0 Å². The smallest absolute Gasteiger partial charge is 0.246 e. The van der Waals surface area contributed by atoms with Crippen LogP contribution in [0.3, 0.4) is 0 Å². The van der Waals surface area contributed by atoms with Gasteiger partial charge in [-0.1, -0.05) is 43.2 Å². The van der Waals surface area contributed by atoms with Crippen molar-refractivity contribution < 1.29 is 9.59 Å². The third kappa shape index (κ3) is 3.93. The van der Waals surface area contributed by atoms with Crippen LogP contribution in [0.15, 0.2) is 36.4 Å². The van der Waals surface area contributed by atoms with Gasteiger partial charge >= 0.3 is 0 Å². The zero-order valence-electron chi connectivity index (χ0n) is 15.8. The number of rotatable bonds is 3. The van der Waals surface area contributed by atoms with Gasteiger partial charge in [0.15, 0.2) is 0 Å². The van der Waals surface area contributed by atoms with E-state index in [4.69, 9.17) is 0 Å². The Labute approximate surface area is 166 Å². The summed E-state index contributed by atoms with van der Waals surface area (Å²) in [7, 11) is 0. The third-order valence-corrected chi connectivity index (χ3v) is 7.77. The molecule has 0 radical (unpaired) electrons. The first-order chi connectivity index (χ1) is 13.2. The van der Waals surface area contributed by atoms with Crippen molar-refractivity contribution in [3.8, 4) is 0 Å². The van der Waals surface area contributed by atoms with Crippen LogP contribution >= 0.6 is 11.8 Å². The Bertz CT molecular complexity index is 704. The lowest BCUT2D eigenvalue weighted by Gasteiger charge is -2.44. The van der Waals surface area contributed by atoms with E-state index in [0.29, 0.717) is 5.91 Å². The fraction of sp³-hybridized carbons (Fsp3) is 0.545. The number of hydrogen-bond acceptors (Lipinski definition) is 3. The molecule has 2 saturated heterocycles. The fourth-order valence-corrected chi connectivity index (χ4v) is 6.10. The average molecular weight is 385 g/mol. The van der Waals surface area contributed by atoms with Crippen molar-refractivity contribution >= 4 is 29.7 Å². The lowest BCUT2D eigenvalue weighted by Crippen LogP contribution is -2.54. The normalized spacial score (nSPS) is 22.8. The molecular formula is C22H28N2O2S. The summed E-state index contributed by atoms with van der Waals surface area (Å²) < 4.78 is 0. The molecule has 1 aromatic rings. The van der Waals surface area contributed by atoms with Gasteiger partial charge in [0, 0.05) is 37.4 Å². The van der Waals surface area contributed by atoms with Gasteiger partial charge in [0.2, 0.25) is 11.8 Å². The van der Waals surface area contributed by atoms with Crippen LogP contribution in [-0.4, -0.2) is 51.9 Å². The van der Waals surface area contributed by atoms with Gasteiger partial charge in [-0.15, -0.1) is 11.8 Å². The Balaban J connectivity index is 1.36. The summed E-state index contributed by atoms with van der Waals surface area (Å²) in [6.45, 7) is 2.35. The van der Waals surface area contributed by atoms with E-state index in [1.54, 1.807) is 6.08 Å². The van der Waals surface area contributed by atoms with Crippen molar-refractivity contribution in [1.29, 1.82) is 0 Å². The highest BCUT2D eigenvalue weighted by molar-refractivity contribution is 8.00. The standard InChI is InChI=1S/C22H28N2O2S/c25-20(11-10-18-6-2-1-3-7-18)23-14-12-22(13-15-23)24(16-17-27-22)21(26)19-8-4-5-9-19/h1-3,6-7,10-11,19H,4-5,8-9,12-17H2. The Morgan fingerprint density at radius 1 is 1.04 bits per heavy atom. The van der Waals surface area contributed by atoms with Gasteiger partial charge in [0.05, 0.1) is 4.87 Å². The Morgan fingerprint density at radius 2 is 1.74 bits per heavy atom. The number of nitrogens with zero attached hydrogens (tertiary/aromatic N) is 2. The van der Waals surface area contributed by atoms with Gasteiger partial charge in [-0.05, 0) is 37.3 Å². The minimum absolute atomic E-state index is 0.0698. The second-order valence-electron chi connectivity index (χ2n) is 7.84. The number of carbonyl (C=O) groups excluding carboxylic acids is 2. The summed E-state index contributed by atoms with van der Waals surface area (Å²) in [5, 5.41) is 0. The topological polar surface area (TPSA) is 40.6 Å². The van der Waals surface area contributed by atoms with Gasteiger partial charge in [0.1, 0.15) is 0 Å². The van der Waals surface area contributed by atoms with Crippen molar-refractivity contribution in [3.63, 3.8) is 0 Å². The molecule has 1 spiro atoms. The maximum Gasteiger partial charge on any atom is 0.246 e. The van der Waals surface area contributed by atoms with E-state index in [0.717, 1.165) is 56.6 Å². The van der Waals surface area contributed by atoms with E-state index in [-0.39, 0.29) is 16.7 Å². The summed E-state index contributed by atoms with van der Waals surface area (Å²) in [5.74, 6) is 1.72. The van der Waals surface area contributed by atoms with E-state index in [2.05, 4.69) is 4.90 Å². The molecule has 0 unspecified atom stereocenters. The Morgan fingerprint density at radius 3 is 2.44 bits per heavy atom. The molecule has 27 heavy (non-hydrogen) atoms. The van der Waals surface area contributed by atoms with E-state index in [1.165, 1.54) is 12.8 Å². The molecular weight excluding hydrogens is 356 g/mol. The SMILES string of the molecule is O=C(C=Cc1ccccc1)N1CCC2(CC1)SCCN2C(=O)C1CCCC1. The predicted octanol–water partition coefficient (Wildman–Crippen LogP) is 3.78. The molecule has 1 aliphatic carbocycles. The van der Waals surface area contributed by atoms with Crippen molar-refractivity contribution in [1.82, 2.24) is 9.80 Å². The molecule has 0 bridgehead atoms. The van der Waals surface area contributed by atoms with Crippen molar-refractivity contribution in [2.24, 2.45) is 5.92 Å². The predicted molar refractivity (Wildman–Crippen MR) is 110 cm³/mol. The van der Waals surface area contributed by atoms with Crippen LogP contribution in [0.2, 0.25) is 0 Å². The number of benzene rings is 1. The molecule has 2 aliphatic heterocycles. The number of piperidine rings is 1. The Kier molecular flexibility index (Phi) is 5.58. The maximum atomic E-state index is 13.0. The van der Waals surface area contributed by atoms with E-state index >= 15 is 0 Å². The summed E-state index contributed by atoms with van der Waals surface area (Å²) in [5.41, 5.74) is 1.04. The third-order valence-electron chi connectivity index (χ3n) is 6.22. The van der Waals surface area contributed by atoms with Gasteiger partial charge in [-0.25, -0.2) is 0 Å². The molecule has 5 heteroatoms. The maximum absolute atomic E-state index is 13.0. The molecule has 2 heterocycles. The fourth-order valence-electron chi connectivity index (χ4n) is 4.64. The number of amides is 2. The summed E-state index contributed by atoms with van der Waals surface area (Å²) in [4.78, 5) is 29.6. The molecule has 144 valence electrons. The van der Waals surface area contributed by atoms with Crippen molar-refractivity contribution in [2.75, 3.05) is 25.4 Å². The highest BCUT2D eigenvalue weighted by atomic mass is 32.2. The molecule has 1 aromatic carbocycles. The first-order valence-electron chi connectivity index (χ1n) is 10.2. The van der Waals surface area contributed by atoms with Crippen LogP contribution in [-0.2, 0) is 9.59 Å². The molecule has 0 aromatic heterocycles. The quantitative estimate of drug-likeness (QED) is 0.745. The van der Waals surface area contributed by atoms with Gasteiger partial charge in [0.25, 0.3) is 0 Å². The van der Waals surface area contributed by atoms with Crippen LogP contribution in [0.25, 0.3) is 6.08 Å². The highest BCUT2D eigenvalue weighted by Crippen LogP contribution is 2.45. The summed E-state index contributed by atoms with van der Waals surface area (Å²) in [6.07, 6.45) is 9.85. The number of thioether (sulfide) groups is 1. The number of hydrogen-bond donors (Lipinski definition) is 0. The first kappa shape index (κ1) is 18.6. The van der Waals surface area contributed by atoms with Crippen molar-refractivity contribution in [2.45, 2.75) is 43.4 Å². The molecule has 4 rings (SSSR count). The zero-order valence-corrected chi connectivity index (χ0v) is 16.6. The molecule has 0 atom stereocenters. The molecule has 1 saturated carbocycles. The lowest BCUT2D eigenvalue weighted by molar-refractivity contribution is -0.139. The van der Waals surface area contributed by atoms with E-state index in [1.807, 2.05) is 53.1 Å². The van der Waals surface area contributed by atoms with Crippen LogP contribution < -0.4 is 0 Å². The Hall–Kier alpha value is -1.75. The highest BCUT2D eigenvalue weighted by Gasteiger charge is 2.48. The lowest BCUT2D eigenvalue weighted by atomic mass is 9.98. The van der Waals surface area contributed by atoms with Crippen LogP contribution in [0.1, 0.15) is 44.1 Å². The number of carbonyl (C=O) groups is 2. The summed E-state index contributed by atoms with van der Waals surface area (Å²) in [6, 6.07) is 9.92. The largest absolute Gasteiger partial charge is 0.339 e. The van der Waals surface area contributed by atoms with Gasteiger partial charge in [-0.2, -0.15) is 0 Å². The minimum Gasteiger partial charge on any atom is -0.339 e.